The number of aromatic nitrogens is 1. The van der Waals surface area contributed by atoms with Crippen LogP contribution in [-0.2, 0) is 6.42 Å². The maximum Gasteiger partial charge on any atom is 0.123 e. The van der Waals surface area contributed by atoms with Crippen LogP contribution in [0, 0.1) is 13.8 Å². The SMILES string of the molecule is Cc1cccc(OCCc2sc(-c3ccccc3)nc2C)c1. The van der Waals surface area contributed by atoms with Crippen molar-refractivity contribution in [2.24, 2.45) is 0 Å². The second-order valence-corrected chi connectivity index (χ2v) is 6.39. The maximum atomic E-state index is 5.84. The van der Waals surface area contributed by atoms with Gasteiger partial charge in [-0.3, -0.25) is 0 Å². The molecule has 0 radical (unpaired) electrons. The maximum absolute atomic E-state index is 5.84. The van der Waals surface area contributed by atoms with Crippen LogP contribution < -0.4 is 4.74 Å². The van der Waals surface area contributed by atoms with Crippen molar-refractivity contribution in [1.82, 2.24) is 4.98 Å². The minimum atomic E-state index is 0.681. The smallest absolute Gasteiger partial charge is 0.123 e. The number of nitrogens with zero attached hydrogens (tertiary/aromatic N) is 1. The summed E-state index contributed by atoms with van der Waals surface area (Å²) in [6.45, 7) is 4.83. The molecule has 22 heavy (non-hydrogen) atoms. The van der Waals surface area contributed by atoms with Gasteiger partial charge in [0, 0.05) is 16.9 Å². The van der Waals surface area contributed by atoms with E-state index in [1.807, 2.05) is 30.3 Å². The van der Waals surface area contributed by atoms with E-state index in [2.05, 4.69) is 43.1 Å². The molecule has 0 saturated heterocycles. The van der Waals surface area contributed by atoms with Crippen molar-refractivity contribution in [2.75, 3.05) is 6.61 Å². The highest BCUT2D eigenvalue weighted by Crippen LogP contribution is 2.28. The highest BCUT2D eigenvalue weighted by atomic mass is 32.1. The molecule has 2 nitrogen and oxygen atoms in total. The summed E-state index contributed by atoms with van der Waals surface area (Å²) in [4.78, 5) is 5.98. The third-order valence-corrected chi connectivity index (χ3v) is 4.77. The molecule has 0 fully saturated rings. The summed E-state index contributed by atoms with van der Waals surface area (Å²) in [7, 11) is 0. The van der Waals surface area contributed by atoms with Crippen LogP contribution in [0.25, 0.3) is 10.6 Å². The predicted octanol–water partition coefficient (Wildman–Crippen LogP) is 5.05. The normalized spacial score (nSPS) is 10.6. The monoisotopic (exact) mass is 309 g/mol. The third-order valence-electron chi connectivity index (χ3n) is 3.50. The van der Waals surface area contributed by atoms with Gasteiger partial charge in [0.25, 0.3) is 0 Å². The van der Waals surface area contributed by atoms with Crippen LogP contribution in [0.2, 0.25) is 0 Å². The Morgan fingerprint density at radius 2 is 1.82 bits per heavy atom. The second kappa shape index (κ2) is 6.75. The molecule has 0 unspecified atom stereocenters. The van der Waals surface area contributed by atoms with Gasteiger partial charge in [0.15, 0.2) is 0 Å². The fraction of sp³-hybridized carbons (Fsp3) is 0.211. The van der Waals surface area contributed by atoms with E-state index in [4.69, 9.17) is 4.74 Å². The molecule has 0 atom stereocenters. The lowest BCUT2D eigenvalue weighted by atomic mass is 10.2. The fourth-order valence-corrected chi connectivity index (χ4v) is 3.38. The first-order chi connectivity index (χ1) is 10.7. The van der Waals surface area contributed by atoms with Crippen LogP contribution in [0.5, 0.6) is 5.75 Å². The molecule has 0 spiro atoms. The Morgan fingerprint density at radius 1 is 1.00 bits per heavy atom. The van der Waals surface area contributed by atoms with E-state index in [-0.39, 0.29) is 0 Å². The van der Waals surface area contributed by atoms with E-state index in [1.54, 1.807) is 11.3 Å². The van der Waals surface area contributed by atoms with Crippen molar-refractivity contribution in [2.45, 2.75) is 20.3 Å². The van der Waals surface area contributed by atoms with Gasteiger partial charge in [0.2, 0.25) is 0 Å². The van der Waals surface area contributed by atoms with Crippen LogP contribution >= 0.6 is 11.3 Å². The molecule has 3 rings (SSSR count). The van der Waals surface area contributed by atoms with Gasteiger partial charge in [-0.2, -0.15) is 0 Å². The Hall–Kier alpha value is -2.13. The fourth-order valence-electron chi connectivity index (χ4n) is 2.33. The molecule has 0 bridgehead atoms. The van der Waals surface area contributed by atoms with Crippen LogP contribution in [0.15, 0.2) is 54.6 Å². The van der Waals surface area contributed by atoms with Gasteiger partial charge < -0.3 is 4.74 Å². The molecule has 3 heteroatoms. The van der Waals surface area contributed by atoms with Crippen molar-refractivity contribution in [3.05, 3.63) is 70.7 Å². The van der Waals surface area contributed by atoms with Crippen molar-refractivity contribution in [3.8, 4) is 16.3 Å². The standard InChI is InChI=1S/C19H19NOS/c1-14-7-6-10-17(13-14)21-12-11-18-15(2)20-19(22-18)16-8-4-3-5-9-16/h3-10,13H,11-12H2,1-2H3. The van der Waals surface area contributed by atoms with Gasteiger partial charge in [-0.1, -0.05) is 42.5 Å². The minimum absolute atomic E-state index is 0.681. The number of thiazole rings is 1. The molecule has 3 aromatic rings. The van der Waals surface area contributed by atoms with Crippen LogP contribution in [0.1, 0.15) is 16.1 Å². The van der Waals surface area contributed by atoms with E-state index < -0.39 is 0 Å². The summed E-state index contributed by atoms with van der Waals surface area (Å²) < 4.78 is 5.84. The molecule has 0 aliphatic carbocycles. The third kappa shape index (κ3) is 3.55. The van der Waals surface area contributed by atoms with Gasteiger partial charge in [0.1, 0.15) is 10.8 Å². The Bertz CT molecular complexity index is 749. The lowest BCUT2D eigenvalue weighted by molar-refractivity contribution is 0.322. The van der Waals surface area contributed by atoms with E-state index in [9.17, 15) is 0 Å². The summed E-state index contributed by atoms with van der Waals surface area (Å²) in [6.07, 6.45) is 0.893. The lowest BCUT2D eigenvalue weighted by Gasteiger charge is -2.06. The summed E-state index contributed by atoms with van der Waals surface area (Å²) >= 11 is 1.76. The largest absolute Gasteiger partial charge is 0.493 e. The zero-order valence-electron chi connectivity index (χ0n) is 12.9. The molecular formula is C19H19NOS. The van der Waals surface area contributed by atoms with Crippen molar-refractivity contribution in [3.63, 3.8) is 0 Å². The number of benzene rings is 2. The van der Waals surface area contributed by atoms with Gasteiger partial charge in [0.05, 0.1) is 12.3 Å². The highest BCUT2D eigenvalue weighted by Gasteiger charge is 2.09. The molecule has 0 saturated carbocycles. The summed E-state index contributed by atoms with van der Waals surface area (Å²) in [5.41, 5.74) is 3.51. The van der Waals surface area contributed by atoms with Gasteiger partial charge in [-0.15, -0.1) is 11.3 Å². The summed E-state index contributed by atoms with van der Waals surface area (Å²) in [6, 6.07) is 18.5. The van der Waals surface area contributed by atoms with Crippen LogP contribution in [0.4, 0.5) is 0 Å². The van der Waals surface area contributed by atoms with Gasteiger partial charge >= 0.3 is 0 Å². The zero-order chi connectivity index (χ0) is 15.4. The topological polar surface area (TPSA) is 22.1 Å². The zero-order valence-corrected chi connectivity index (χ0v) is 13.7. The Kier molecular flexibility index (Phi) is 4.54. The minimum Gasteiger partial charge on any atom is -0.493 e. The van der Waals surface area contributed by atoms with Crippen molar-refractivity contribution in [1.29, 1.82) is 0 Å². The molecule has 0 aliphatic heterocycles. The van der Waals surface area contributed by atoms with E-state index in [1.165, 1.54) is 16.0 Å². The Balaban J connectivity index is 1.65. The first-order valence-electron chi connectivity index (χ1n) is 7.43. The van der Waals surface area contributed by atoms with Crippen LogP contribution in [0.3, 0.4) is 0 Å². The van der Waals surface area contributed by atoms with Crippen molar-refractivity contribution < 1.29 is 4.74 Å². The molecule has 0 N–H and O–H groups in total. The lowest BCUT2D eigenvalue weighted by Crippen LogP contribution is -2.01. The summed E-state index contributed by atoms with van der Waals surface area (Å²) in [5.74, 6) is 0.936. The second-order valence-electron chi connectivity index (χ2n) is 5.31. The molecule has 1 heterocycles. The first-order valence-corrected chi connectivity index (χ1v) is 8.25. The molecule has 0 amide bonds. The van der Waals surface area contributed by atoms with E-state index in [0.717, 1.165) is 22.9 Å². The number of hydrogen-bond donors (Lipinski definition) is 0. The quantitative estimate of drug-likeness (QED) is 0.658. The molecular weight excluding hydrogens is 290 g/mol. The average molecular weight is 309 g/mol. The van der Waals surface area contributed by atoms with E-state index >= 15 is 0 Å². The number of hydrogen-bond acceptors (Lipinski definition) is 3. The number of ether oxygens (including phenoxy) is 1. The Morgan fingerprint density at radius 3 is 2.59 bits per heavy atom. The van der Waals surface area contributed by atoms with Gasteiger partial charge in [-0.05, 0) is 31.5 Å². The van der Waals surface area contributed by atoms with Crippen LogP contribution in [-0.4, -0.2) is 11.6 Å². The molecule has 2 aromatic carbocycles. The number of rotatable bonds is 5. The molecule has 112 valence electrons. The Labute approximate surface area is 135 Å². The van der Waals surface area contributed by atoms with Gasteiger partial charge in [-0.25, -0.2) is 4.98 Å². The van der Waals surface area contributed by atoms with Crippen molar-refractivity contribution >= 4 is 11.3 Å². The molecule has 0 aliphatic rings. The molecule has 1 aromatic heterocycles. The average Bonchev–Trinajstić information content (AvgIpc) is 2.90. The summed E-state index contributed by atoms with van der Waals surface area (Å²) in [5, 5.41) is 1.09. The predicted molar refractivity (Wildman–Crippen MR) is 92.7 cm³/mol. The highest BCUT2D eigenvalue weighted by molar-refractivity contribution is 7.15. The number of aryl methyl sites for hydroxylation is 2. The van der Waals surface area contributed by atoms with E-state index in [0.29, 0.717) is 6.61 Å². The first kappa shape index (κ1) is 14.8.